The highest BCUT2D eigenvalue weighted by Crippen LogP contribution is 2.25. The van der Waals surface area contributed by atoms with Gasteiger partial charge in [0.2, 0.25) is 5.91 Å². The Kier molecular flexibility index (Phi) is 8.26. The van der Waals surface area contributed by atoms with Crippen LogP contribution in [0.25, 0.3) is 0 Å². The van der Waals surface area contributed by atoms with E-state index >= 15 is 0 Å². The molecule has 2 heterocycles. The molecule has 0 bridgehead atoms. The quantitative estimate of drug-likeness (QED) is 0.525. The van der Waals surface area contributed by atoms with Gasteiger partial charge in [-0.2, -0.15) is 0 Å². The average molecular weight is 462 g/mol. The molecular formula is C23H31N3O7. The number of carbonyl (C=O) groups is 4. The van der Waals surface area contributed by atoms with E-state index in [2.05, 4.69) is 5.32 Å². The van der Waals surface area contributed by atoms with E-state index in [1.165, 1.54) is 5.01 Å². The van der Waals surface area contributed by atoms with Crippen LogP contribution in [0.15, 0.2) is 24.3 Å². The summed E-state index contributed by atoms with van der Waals surface area (Å²) in [5.41, 5.74) is 0.988. The number of amides is 2. The lowest BCUT2D eigenvalue weighted by Gasteiger charge is -2.42. The summed E-state index contributed by atoms with van der Waals surface area (Å²) < 4.78 is 10.4. The number of nitrogens with zero attached hydrogens (tertiary/aromatic N) is 2. The first kappa shape index (κ1) is 24.5. The monoisotopic (exact) mass is 461 g/mol. The predicted octanol–water partition coefficient (Wildman–Crippen LogP) is 1.13. The van der Waals surface area contributed by atoms with E-state index in [0.717, 1.165) is 16.3 Å². The van der Waals surface area contributed by atoms with Crippen molar-refractivity contribution >= 4 is 23.8 Å². The first-order valence-corrected chi connectivity index (χ1v) is 11.3. The number of fused-ring (bicyclic) bond motifs is 1. The fraction of sp³-hybridized carbons (Fsp3) is 0.565. The number of rotatable bonds is 9. The largest absolute Gasteiger partial charge is 0.497 e. The number of methoxy groups -OCH3 is 1. The number of esters is 1. The van der Waals surface area contributed by atoms with Crippen LogP contribution in [-0.2, 0) is 30.3 Å². The molecule has 0 aromatic heterocycles. The molecular weight excluding hydrogens is 430 g/mol. The van der Waals surface area contributed by atoms with E-state index in [-0.39, 0.29) is 31.8 Å². The van der Waals surface area contributed by atoms with E-state index in [4.69, 9.17) is 9.47 Å². The molecule has 2 saturated heterocycles. The zero-order chi connectivity index (χ0) is 24.0. The molecule has 0 saturated carbocycles. The Morgan fingerprint density at radius 1 is 1.21 bits per heavy atom. The zero-order valence-electron chi connectivity index (χ0n) is 19.0. The van der Waals surface area contributed by atoms with Gasteiger partial charge in [0.25, 0.3) is 5.91 Å². The fourth-order valence-electron chi connectivity index (χ4n) is 4.27. The maximum atomic E-state index is 13.3. The van der Waals surface area contributed by atoms with Crippen molar-refractivity contribution in [2.24, 2.45) is 0 Å². The fourth-order valence-corrected chi connectivity index (χ4v) is 4.27. The molecule has 2 aliphatic rings. The Hall–Kier alpha value is -3.14. The minimum Gasteiger partial charge on any atom is -0.497 e. The van der Waals surface area contributed by atoms with Crippen LogP contribution in [0.3, 0.4) is 0 Å². The highest BCUT2D eigenvalue weighted by Gasteiger charge is 2.45. The maximum Gasteiger partial charge on any atom is 0.328 e. The summed E-state index contributed by atoms with van der Waals surface area (Å²) in [5.74, 6) is -1.70. The molecule has 180 valence electrons. The van der Waals surface area contributed by atoms with Crippen LogP contribution in [0.1, 0.15) is 44.6 Å². The van der Waals surface area contributed by atoms with Crippen LogP contribution in [0.5, 0.6) is 5.75 Å². The van der Waals surface area contributed by atoms with Crippen molar-refractivity contribution in [3.63, 3.8) is 0 Å². The molecule has 0 aliphatic carbocycles. The Balaban J connectivity index is 1.76. The van der Waals surface area contributed by atoms with Crippen molar-refractivity contribution in [3.8, 4) is 5.75 Å². The minimum atomic E-state index is -1.15. The van der Waals surface area contributed by atoms with Crippen molar-refractivity contribution in [1.29, 1.82) is 0 Å². The van der Waals surface area contributed by atoms with E-state index in [0.29, 0.717) is 25.8 Å². The Labute approximate surface area is 192 Å². The summed E-state index contributed by atoms with van der Waals surface area (Å²) >= 11 is 0. The maximum absolute atomic E-state index is 13.3. The molecule has 0 spiro atoms. The van der Waals surface area contributed by atoms with Crippen molar-refractivity contribution < 1.29 is 33.8 Å². The molecule has 33 heavy (non-hydrogen) atoms. The van der Waals surface area contributed by atoms with E-state index in [1.54, 1.807) is 14.0 Å². The Morgan fingerprint density at radius 2 is 1.94 bits per heavy atom. The number of nitrogens with one attached hydrogen (secondary N) is 1. The lowest BCUT2D eigenvalue weighted by Crippen LogP contribution is -2.62. The molecule has 10 heteroatoms. The van der Waals surface area contributed by atoms with Crippen molar-refractivity contribution in [1.82, 2.24) is 15.3 Å². The van der Waals surface area contributed by atoms with Gasteiger partial charge in [0, 0.05) is 13.0 Å². The molecule has 0 radical (unpaired) electrons. The minimum absolute atomic E-state index is 0.0836. The third-order valence-corrected chi connectivity index (χ3v) is 6.00. The van der Waals surface area contributed by atoms with Gasteiger partial charge in [-0.1, -0.05) is 12.1 Å². The number of hydrogen-bond acceptors (Lipinski definition) is 7. The number of aryl methyl sites for hydroxylation is 1. The number of hydrogen-bond donors (Lipinski definition) is 2. The molecule has 2 aliphatic heterocycles. The van der Waals surface area contributed by atoms with Crippen LogP contribution < -0.4 is 10.1 Å². The van der Waals surface area contributed by atoms with Gasteiger partial charge in [-0.05, 0) is 56.7 Å². The van der Waals surface area contributed by atoms with Crippen molar-refractivity contribution in [3.05, 3.63) is 29.8 Å². The lowest BCUT2D eigenvalue weighted by molar-refractivity contribution is -0.181. The molecule has 2 N–H and O–H groups in total. The second-order valence-electron chi connectivity index (χ2n) is 8.15. The lowest BCUT2D eigenvalue weighted by atomic mass is 10.0. The molecule has 2 amide bonds. The summed E-state index contributed by atoms with van der Waals surface area (Å²) in [5, 5.41) is 15.0. The SMILES string of the molecule is CCOC(=O)[C@H](CCc1ccc(OC)cc1)N[C@H]1CCC(=O)N2CCC[C@@H](C(=O)O)N2C1=O. The van der Waals surface area contributed by atoms with Gasteiger partial charge >= 0.3 is 11.9 Å². The number of benzene rings is 1. The first-order chi connectivity index (χ1) is 15.8. The number of carbonyl (C=O) groups excluding carboxylic acids is 3. The van der Waals surface area contributed by atoms with Crippen LogP contribution >= 0.6 is 0 Å². The number of ether oxygens (including phenoxy) is 2. The van der Waals surface area contributed by atoms with Crippen LogP contribution in [0.4, 0.5) is 0 Å². The molecule has 0 unspecified atom stereocenters. The summed E-state index contributed by atoms with van der Waals surface area (Å²) in [7, 11) is 1.59. The van der Waals surface area contributed by atoms with Gasteiger partial charge in [-0.25, -0.2) is 9.80 Å². The van der Waals surface area contributed by atoms with E-state index in [9.17, 15) is 24.3 Å². The van der Waals surface area contributed by atoms with E-state index < -0.39 is 36.0 Å². The van der Waals surface area contributed by atoms with Crippen LogP contribution in [0.2, 0.25) is 0 Å². The highest BCUT2D eigenvalue weighted by atomic mass is 16.5. The standard InChI is InChI=1S/C23H31N3O7/c1-3-33-23(31)18(11-8-15-6-9-16(32-2)10-7-15)24-17-12-13-20(27)25-14-4-5-19(22(29)30)26(25)21(17)28/h6-7,9-10,17-19,24H,3-5,8,11-14H2,1-2H3,(H,29,30)/t17-,18-,19-/m0/s1. The molecule has 10 nitrogen and oxygen atoms in total. The molecule has 1 aromatic rings. The molecule has 2 fully saturated rings. The topological polar surface area (TPSA) is 125 Å². The van der Waals surface area contributed by atoms with E-state index in [1.807, 2.05) is 24.3 Å². The molecule has 3 rings (SSSR count). The Morgan fingerprint density at radius 3 is 2.58 bits per heavy atom. The number of carboxylic acid groups (broad SMARTS) is 1. The summed E-state index contributed by atoms with van der Waals surface area (Å²) in [4.78, 5) is 50.4. The summed E-state index contributed by atoms with van der Waals surface area (Å²) in [6.07, 6.45) is 1.97. The van der Waals surface area contributed by atoms with Crippen molar-refractivity contribution in [2.75, 3.05) is 20.3 Å². The third-order valence-electron chi connectivity index (χ3n) is 6.00. The van der Waals surface area contributed by atoms with Crippen molar-refractivity contribution in [2.45, 2.75) is 63.6 Å². The first-order valence-electron chi connectivity index (χ1n) is 11.3. The molecule has 3 atom stereocenters. The van der Waals surface area contributed by atoms with Gasteiger partial charge in [-0.3, -0.25) is 24.7 Å². The van der Waals surface area contributed by atoms with Gasteiger partial charge in [-0.15, -0.1) is 0 Å². The number of aliphatic carboxylic acids is 1. The number of carboxylic acids is 1. The van der Waals surface area contributed by atoms with Crippen LogP contribution in [0, 0.1) is 0 Å². The summed E-state index contributed by atoms with van der Waals surface area (Å²) in [6.45, 7) is 2.20. The summed E-state index contributed by atoms with van der Waals surface area (Å²) in [6, 6.07) is 4.72. The Bertz CT molecular complexity index is 873. The zero-order valence-corrected chi connectivity index (χ0v) is 19.0. The van der Waals surface area contributed by atoms with Gasteiger partial charge in [0.1, 0.15) is 11.8 Å². The number of hydrazine groups is 1. The second kappa shape index (κ2) is 11.1. The predicted molar refractivity (Wildman–Crippen MR) is 117 cm³/mol. The van der Waals surface area contributed by atoms with Gasteiger partial charge < -0.3 is 14.6 Å². The molecule has 1 aromatic carbocycles. The average Bonchev–Trinajstić information content (AvgIpc) is 2.93. The van der Waals surface area contributed by atoms with Crippen LogP contribution in [-0.4, -0.2) is 77.3 Å². The third kappa shape index (κ3) is 5.81. The second-order valence-corrected chi connectivity index (χ2v) is 8.15. The smallest absolute Gasteiger partial charge is 0.328 e. The van der Waals surface area contributed by atoms with Gasteiger partial charge in [0.05, 0.1) is 19.8 Å². The van der Waals surface area contributed by atoms with Gasteiger partial charge in [0.15, 0.2) is 6.04 Å². The normalized spacial score (nSPS) is 21.8. The highest BCUT2D eigenvalue weighted by molar-refractivity contribution is 5.92.